The molecule has 1 rings (SSSR count). The number of nitriles is 1. The summed E-state index contributed by atoms with van der Waals surface area (Å²) in [5, 5.41) is 9.14. The molecule has 0 aromatic heterocycles. The summed E-state index contributed by atoms with van der Waals surface area (Å²) in [6, 6.07) is 5.34. The fourth-order valence-electron chi connectivity index (χ4n) is 1.11. The average molecular weight is 380 g/mol. The molecule has 0 amide bonds. The van der Waals surface area contributed by atoms with Crippen LogP contribution in [0.4, 0.5) is 0 Å². The van der Waals surface area contributed by atoms with Crippen LogP contribution in [0.25, 0.3) is 0 Å². The van der Waals surface area contributed by atoms with Crippen molar-refractivity contribution in [2.45, 2.75) is 0 Å². The number of methoxy groups -OCH3 is 1. The molecule has 0 N–H and O–H groups in total. The molecule has 0 radical (unpaired) electrons. The Kier molecular flexibility index (Phi) is 4.54. The van der Waals surface area contributed by atoms with Crippen molar-refractivity contribution in [1.29, 1.82) is 5.26 Å². The van der Waals surface area contributed by atoms with Gasteiger partial charge in [0.05, 0.1) is 18.0 Å². The number of Topliss-reactive ketones (excluding diaryl/α,β-unsaturated/α-hetero) is 1. The third-order valence-corrected chi connectivity index (χ3v) is 3.19. The summed E-state index contributed by atoms with van der Waals surface area (Å²) in [5.41, 5.74) is 0.805. The molecule has 0 aliphatic carbocycles. The molecule has 0 saturated carbocycles. The Morgan fingerprint density at radius 1 is 1.67 bits per heavy atom. The number of benzene rings is 1. The summed E-state index contributed by atoms with van der Waals surface area (Å²) < 4.78 is 5.77. The number of nitrogens with zero attached hydrogens (tertiary/aromatic N) is 1. The molecule has 0 bridgehead atoms. The van der Waals surface area contributed by atoms with E-state index in [1.807, 2.05) is 28.7 Å². The number of alkyl halides is 1. The highest BCUT2D eigenvalue weighted by Gasteiger charge is 2.14. The van der Waals surface area contributed by atoms with Crippen LogP contribution >= 0.6 is 38.5 Å². The number of carbonyl (C=O) groups is 1. The number of ketones is 1. The molecule has 0 aliphatic heterocycles. The van der Waals surface area contributed by atoms with E-state index in [1.54, 1.807) is 12.1 Å². The first kappa shape index (κ1) is 12.5. The van der Waals surface area contributed by atoms with Gasteiger partial charge in [-0.3, -0.25) is 4.79 Å². The van der Waals surface area contributed by atoms with Crippen LogP contribution in [-0.2, 0) is 0 Å². The zero-order valence-electron chi connectivity index (χ0n) is 7.88. The highest BCUT2D eigenvalue weighted by molar-refractivity contribution is 14.1. The largest absolute Gasteiger partial charge is 0.497 e. The molecule has 0 atom stereocenters. The predicted octanol–water partition coefficient (Wildman–Crippen LogP) is 2.75. The summed E-state index contributed by atoms with van der Waals surface area (Å²) in [6.45, 7) is 0. The first-order valence-corrected chi connectivity index (χ1v) is 6.20. The molecule has 78 valence electrons. The molecule has 15 heavy (non-hydrogen) atoms. The van der Waals surface area contributed by atoms with E-state index < -0.39 is 0 Å². The van der Waals surface area contributed by atoms with Crippen molar-refractivity contribution in [3.63, 3.8) is 0 Å². The van der Waals surface area contributed by atoms with Crippen molar-refractivity contribution < 1.29 is 9.53 Å². The van der Waals surface area contributed by atoms with Crippen LogP contribution in [0.1, 0.15) is 15.9 Å². The highest BCUT2D eigenvalue weighted by Crippen LogP contribution is 2.24. The number of rotatable bonds is 3. The van der Waals surface area contributed by atoms with Crippen molar-refractivity contribution in [2.24, 2.45) is 0 Å². The lowest BCUT2D eigenvalue weighted by Crippen LogP contribution is -2.05. The summed E-state index contributed by atoms with van der Waals surface area (Å²) in [7, 11) is 1.53. The van der Waals surface area contributed by atoms with Gasteiger partial charge in [-0.25, -0.2) is 0 Å². The number of halogens is 2. The van der Waals surface area contributed by atoms with E-state index in [0.717, 1.165) is 3.57 Å². The van der Waals surface area contributed by atoms with Crippen LogP contribution in [0.5, 0.6) is 5.75 Å². The van der Waals surface area contributed by atoms with Crippen molar-refractivity contribution in [1.82, 2.24) is 0 Å². The summed E-state index contributed by atoms with van der Waals surface area (Å²) in [4.78, 5) is 11.6. The van der Waals surface area contributed by atoms with E-state index >= 15 is 0 Å². The third kappa shape index (κ3) is 2.69. The molecule has 3 nitrogen and oxygen atoms in total. The maximum atomic E-state index is 11.6. The number of ether oxygens (including phenoxy) is 1. The molecule has 0 unspecified atom stereocenters. The van der Waals surface area contributed by atoms with Gasteiger partial charge in [-0.1, -0.05) is 15.9 Å². The standard InChI is InChI=1S/C10H7BrINO2/c1-15-6-2-7(10(14)4-11)8(5-13)9(12)3-6/h2-3H,4H2,1H3. The molecule has 0 fully saturated rings. The minimum atomic E-state index is -0.122. The Balaban J connectivity index is 3.40. The molecular weight excluding hydrogens is 373 g/mol. The van der Waals surface area contributed by atoms with Gasteiger partial charge in [0.15, 0.2) is 5.78 Å². The third-order valence-electron chi connectivity index (χ3n) is 1.83. The van der Waals surface area contributed by atoms with E-state index in [-0.39, 0.29) is 11.1 Å². The Morgan fingerprint density at radius 3 is 2.80 bits per heavy atom. The average Bonchev–Trinajstić information content (AvgIpc) is 2.26. The van der Waals surface area contributed by atoms with Crippen LogP contribution < -0.4 is 4.74 Å². The first-order valence-electron chi connectivity index (χ1n) is 4.00. The van der Waals surface area contributed by atoms with Crippen LogP contribution in [0.3, 0.4) is 0 Å². The molecule has 0 aliphatic rings. The van der Waals surface area contributed by atoms with Gasteiger partial charge in [0.25, 0.3) is 0 Å². The Bertz CT molecular complexity index is 440. The topological polar surface area (TPSA) is 50.1 Å². The van der Waals surface area contributed by atoms with Crippen molar-refractivity contribution in [3.05, 3.63) is 26.8 Å². The lowest BCUT2D eigenvalue weighted by molar-refractivity contribution is 0.102. The zero-order chi connectivity index (χ0) is 11.4. The highest BCUT2D eigenvalue weighted by atomic mass is 127. The quantitative estimate of drug-likeness (QED) is 0.461. The van der Waals surface area contributed by atoms with Gasteiger partial charge in [0, 0.05) is 9.13 Å². The molecule has 1 aromatic rings. The summed E-state index contributed by atoms with van der Waals surface area (Å²) in [5.74, 6) is 0.464. The Hall–Kier alpha value is -0.610. The number of hydrogen-bond acceptors (Lipinski definition) is 3. The fourth-order valence-corrected chi connectivity index (χ4v) is 2.13. The zero-order valence-corrected chi connectivity index (χ0v) is 11.6. The molecule has 1 aromatic carbocycles. The fraction of sp³-hybridized carbons (Fsp3) is 0.200. The summed E-state index contributed by atoms with van der Waals surface area (Å²) in [6.07, 6.45) is 0. The van der Waals surface area contributed by atoms with Gasteiger partial charge in [-0.05, 0) is 34.7 Å². The minimum absolute atomic E-state index is 0.122. The van der Waals surface area contributed by atoms with E-state index in [1.165, 1.54) is 7.11 Å². The molecule has 0 saturated heterocycles. The smallest absolute Gasteiger partial charge is 0.174 e. The second kappa shape index (κ2) is 5.47. The Labute approximate surface area is 110 Å². The van der Waals surface area contributed by atoms with Crippen molar-refractivity contribution in [3.8, 4) is 11.8 Å². The second-order valence-electron chi connectivity index (χ2n) is 2.70. The van der Waals surface area contributed by atoms with E-state index in [4.69, 9.17) is 10.00 Å². The van der Waals surface area contributed by atoms with Crippen molar-refractivity contribution in [2.75, 3.05) is 12.4 Å². The predicted molar refractivity (Wildman–Crippen MR) is 68.6 cm³/mol. The lowest BCUT2D eigenvalue weighted by Gasteiger charge is -2.06. The first-order chi connectivity index (χ1) is 7.13. The van der Waals surface area contributed by atoms with Gasteiger partial charge >= 0.3 is 0 Å². The van der Waals surface area contributed by atoms with Gasteiger partial charge in [-0.2, -0.15) is 5.26 Å². The van der Waals surface area contributed by atoms with Crippen LogP contribution in [0.15, 0.2) is 12.1 Å². The van der Waals surface area contributed by atoms with Crippen LogP contribution in [0, 0.1) is 14.9 Å². The Morgan fingerprint density at radius 2 is 2.33 bits per heavy atom. The molecular formula is C10H7BrINO2. The number of hydrogen-bond donors (Lipinski definition) is 0. The van der Waals surface area contributed by atoms with Gasteiger partial charge in [0.1, 0.15) is 11.8 Å². The molecule has 0 spiro atoms. The maximum Gasteiger partial charge on any atom is 0.174 e. The number of carbonyl (C=O) groups excluding carboxylic acids is 1. The van der Waals surface area contributed by atoms with Crippen molar-refractivity contribution >= 4 is 44.3 Å². The molecule has 5 heteroatoms. The van der Waals surface area contributed by atoms with Crippen LogP contribution in [-0.4, -0.2) is 18.2 Å². The van der Waals surface area contributed by atoms with Gasteiger partial charge < -0.3 is 4.74 Å². The van der Waals surface area contributed by atoms with Crippen LogP contribution in [0.2, 0.25) is 0 Å². The molecule has 0 heterocycles. The monoisotopic (exact) mass is 379 g/mol. The lowest BCUT2D eigenvalue weighted by atomic mass is 10.1. The maximum absolute atomic E-state index is 11.6. The normalized spacial score (nSPS) is 9.47. The van der Waals surface area contributed by atoms with Gasteiger partial charge in [-0.15, -0.1) is 0 Å². The minimum Gasteiger partial charge on any atom is -0.497 e. The SMILES string of the molecule is COc1cc(I)c(C#N)c(C(=O)CBr)c1. The van der Waals surface area contributed by atoms with E-state index in [2.05, 4.69) is 15.9 Å². The summed E-state index contributed by atoms with van der Waals surface area (Å²) >= 11 is 5.10. The van der Waals surface area contributed by atoms with E-state index in [9.17, 15) is 4.79 Å². The van der Waals surface area contributed by atoms with Gasteiger partial charge in [0.2, 0.25) is 0 Å². The van der Waals surface area contributed by atoms with E-state index in [0.29, 0.717) is 16.9 Å². The second-order valence-corrected chi connectivity index (χ2v) is 4.42.